The molecule has 0 spiro atoms. The fraction of sp³-hybridized carbons (Fsp3) is 0.556. The molecule has 1 aliphatic rings. The lowest BCUT2D eigenvalue weighted by Crippen LogP contribution is -2.44. The van der Waals surface area contributed by atoms with E-state index >= 15 is 0 Å². The summed E-state index contributed by atoms with van der Waals surface area (Å²) in [4.78, 5) is 20.7. The second-order valence-corrected chi connectivity index (χ2v) is 7.31. The van der Waals surface area contributed by atoms with Gasteiger partial charge in [-0.3, -0.25) is 0 Å². The quantitative estimate of drug-likeness (QED) is 0.859. The first-order chi connectivity index (χ1) is 11.3. The molecule has 2 heterocycles. The molecule has 2 aromatic rings. The second kappa shape index (κ2) is 6.34. The summed E-state index contributed by atoms with van der Waals surface area (Å²) in [5, 5.41) is 0. The van der Waals surface area contributed by atoms with Crippen LogP contribution in [-0.4, -0.2) is 47.8 Å². The van der Waals surface area contributed by atoms with Crippen molar-refractivity contribution in [2.45, 2.75) is 45.3 Å². The molecule has 1 aromatic carbocycles. The van der Waals surface area contributed by atoms with Crippen molar-refractivity contribution in [2.24, 2.45) is 0 Å². The zero-order valence-electron chi connectivity index (χ0n) is 14.8. The van der Waals surface area contributed by atoms with Crippen LogP contribution in [0.3, 0.4) is 0 Å². The summed E-state index contributed by atoms with van der Waals surface area (Å²) in [6.07, 6.45) is 1.71. The number of benzene rings is 1. The fourth-order valence-electron chi connectivity index (χ4n) is 3.00. The molecule has 1 amide bonds. The van der Waals surface area contributed by atoms with Crippen molar-refractivity contribution >= 4 is 23.2 Å². The van der Waals surface area contributed by atoms with Gasteiger partial charge in [0, 0.05) is 20.1 Å². The number of carbonyl (C=O) groups is 1. The number of likely N-dealkylation sites (tertiary alicyclic amines) is 1. The average Bonchev–Trinajstić information content (AvgIpc) is 3.11. The van der Waals surface area contributed by atoms with Gasteiger partial charge in [-0.2, -0.15) is 4.98 Å². The summed E-state index contributed by atoms with van der Waals surface area (Å²) in [7, 11) is 1.94. The number of ether oxygens (including phenoxy) is 1. The second-order valence-electron chi connectivity index (χ2n) is 7.31. The molecule has 0 N–H and O–H groups in total. The monoisotopic (exact) mass is 331 g/mol. The lowest BCUT2D eigenvalue weighted by molar-refractivity contribution is 0.0231. The predicted molar refractivity (Wildman–Crippen MR) is 93.2 cm³/mol. The van der Waals surface area contributed by atoms with E-state index in [1.54, 1.807) is 0 Å². The van der Waals surface area contributed by atoms with E-state index in [1.807, 2.05) is 61.9 Å². The number of carbonyl (C=O) groups excluding carboxylic acids is 1. The van der Waals surface area contributed by atoms with E-state index in [2.05, 4.69) is 4.98 Å². The maximum Gasteiger partial charge on any atom is 0.410 e. The number of hydrogen-bond donors (Lipinski definition) is 0. The minimum atomic E-state index is -0.476. The van der Waals surface area contributed by atoms with Gasteiger partial charge in [0.1, 0.15) is 11.1 Å². The largest absolute Gasteiger partial charge is 0.444 e. The Morgan fingerprint density at radius 2 is 2.17 bits per heavy atom. The molecule has 1 aliphatic heterocycles. The van der Waals surface area contributed by atoms with Crippen LogP contribution in [0.1, 0.15) is 33.6 Å². The number of rotatable bonds is 3. The van der Waals surface area contributed by atoms with Gasteiger partial charge >= 0.3 is 6.09 Å². The number of anilines is 1. The SMILES string of the molecule is CN(C[C@H]1CCCN1C(=O)OC(C)(C)C)c1nc2ccccc2o1. The molecule has 0 radical (unpaired) electrons. The van der Waals surface area contributed by atoms with Gasteiger partial charge in [0.25, 0.3) is 6.01 Å². The highest BCUT2D eigenvalue weighted by atomic mass is 16.6. The van der Waals surface area contributed by atoms with Gasteiger partial charge in [-0.25, -0.2) is 4.79 Å². The third-order valence-corrected chi connectivity index (χ3v) is 4.10. The Bertz CT molecular complexity index is 687. The number of hydrogen-bond acceptors (Lipinski definition) is 5. The van der Waals surface area contributed by atoms with E-state index < -0.39 is 5.60 Å². The van der Waals surface area contributed by atoms with Gasteiger partial charge in [0.05, 0.1) is 6.04 Å². The van der Waals surface area contributed by atoms with Gasteiger partial charge in [-0.05, 0) is 45.7 Å². The number of oxazole rings is 1. The summed E-state index contributed by atoms with van der Waals surface area (Å²) >= 11 is 0. The minimum Gasteiger partial charge on any atom is -0.444 e. The highest BCUT2D eigenvalue weighted by Crippen LogP contribution is 2.25. The highest BCUT2D eigenvalue weighted by Gasteiger charge is 2.33. The standard InChI is InChI=1S/C18H25N3O3/c1-18(2,3)24-17(22)21-11-7-8-13(21)12-20(4)16-19-14-9-5-6-10-15(14)23-16/h5-6,9-10,13H,7-8,11-12H2,1-4H3/t13-/m1/s1. The van der Waals surface area contributed by atoms with E-state index in [9.17, 15) is 4.79 Å². The van der Waals surface area contributed by atoms with E-state index in [4.69, 9.17) is 9.15 Å². The number of fused-ring (bicyclic) bond motifs is 1. The summed E-state index contributed by atoms with van der Waals surface area (Å²) in [6.45, 7) is 7.08. The Hall–Kier alpha value is -2.24. The molecular weight excluding hydrogens is 306 g/mol. The number of para-hydroxylation sites is 2. The van der Waals surface area contributed by atoms with Crippen molar-refractivity contribution in [3.05, 3.63) is 24.3 Å². The molecule has 0 unspecified atom stereocenters. The topological polar surface area (TPSA) is 58.8 Å². The van der Waals surface area contributed by atoms with Crippen LogP contribution in [0.2, 0.25) is 0 Å². The Balaban J connectivity index is 1.68. The van der Waals surface area contributed by atoms with Crippen LogP contribution < -0.4 is 4.90 Å². The van der Waals surface area contributed by atoms with Gasteiger partial charge in [0.2, 0.25) is 0 Å². The van der Waals surface area contributed by atoms with Crippen LogP contribution >= 0.6 is 0 Å². The Kier molecular flexibility index (Phi) is 4.39. The Morgan fingerprint density at radius 3 is 2.88 bits per heavy atom. The molecule has 6 heteroatoms. The van der Waals surface area contributed by atoms with Crippen molar-refractivity contribution in [1.82, 2.24) is 9.88 Å². The molecule has 130 valence electrons. The molecule has 3 rings (SSSR count). The van der Waals surface area contributed by atoms with Crippen molar-refractivity contribution in [3.8, 4) is 0 Å². The van der Waals surface area contributed by atoms with Crippen LogP contribution in [-0.2, 0) is 4.74 Å². The zero-order chi connectivity index (χ0) is 17.3. The van der Waals surface area contributed by atoms with Crippen LogP contribution in [0.25, 0.3) is 11.1 Å². The van der Waals surface area contributed by atoms with Gasteiger partial charge in [-0.1, -0.05) is 12.1 Å². The average molecular weight is 331 g/mol. The zero-order valence-corrected chi connectivity index (χ0v) is 14.8. The van der Waals surface area contributed by atoms with Crippen molar-refractivity contribution in [3.63, 3.8) is 0 Å². The molecule has 0 saturated carbocycles. The molecular formula is C18H25N3O3. The van der Waals surface area contributed by atoms with Crippen LogP contribution in [0.5, 0.6) is 0 Å². The molecule has 0 aliphatic carbocycles. The van der Waals surface area contributed by atoms with Crippen LogP contribution in [0.15, 0.2) is 28.7 Å². The predicted octanol–water partition coefficient (Wildman–Crippen LogP) is 3.66. The third kappa shape index (κ3) is 3.63. The Labute approximate surface area is 142 Å². The number of aromatic nitrogens is 1. The minimum absolute atomic E-state index is 0.111. The molecule has 1 aromatic heterocycles. The van der Waals surface area contributed by atoms with Crippen LogP contribution in [0.4, 0.5) is 10.8 Å². The Morgan fingerprint density at radius 1 is 1.42 bits per heavy atom. The van der Waals surface area contributed by atoms with Crippen molar-refractivity contribution in [2.75, 3.05) is 25.0 Å². The summed E-state index contributed by atoms with van der Waals surface area (Å²) in [6, 6.07) is 8.39. The molecule has 24 heavy (non-hydrogen) atoms. The molecule has 6 nitrogen and oxygen atoms in total. The smallest absolute Gasteiger partial charge is 0.410 e. The van der Waals surface area contributed by atoms with Crippen LogP contribution in [0, 0.1) is 0 Å². The first-order valence-corrected chi connectivity index (χ1v) is 8.40. The maximum absolute atomic E-state index is 12.4. The molecule has 1 saturated heterocycles. The summed E-state index contributed by atoms with van der Waals surface area (Å²) < 4.78 is 11.3. The lowest BCUT2D eigenvalue weighted by atomic mass is 10.2. The molecule has 1 fully saturated rings. The molecule has 0 bridgehead atoms. The number of amides is 1. The normalized spacial score (nSPS) is 18.2. The van der Waals surface area contributed by atoms with Crippen molar-refractivity contribution in [1.29, 1.82) is 0 Å². The van der Waals surface area contributed by atoms with Gasteiger partial charge < -0.3 is 19.0 Å². The summed E-state index contributed by atoms with van der Waals surface area (Å²) in [5.74, 6) is 0. The summed E-state index contributed by atoms with van der Waals surface area (Å²) in [5.41, 5.74) is 1.14. The fourth-order valence-corrected chi connectivity index (χ4v) is 3.00. The third-order valence-electron chi connectivity index (χ3n) is 4.10. The van der Waals surface area contributed by atoms with E-state index in [0.29, 0.717) is 12.6 Å². The number of likely N-dealkylation sites (N-methyl/N-ethyl adjacent to an activating group) is 1. The molecule has 1 atom stereocenters. The number of nitrogens with zero attached hydrogens (tertiary/aromatic N) is 3. The van der Waals surface area contributed by atoms with E-state index in [-0.39, 0.29) is 12.1 Å². The van der Waals surface area contributed by atoms with E-state index in [0.717, 1.165) is 30.5 Å². The van der Waals surface area contributed by atoms with E-state index in [1.165, 1.54) is 0 Å². The highest BCUT2D eigenvalue weighted by molar-refractivity contribution is 5.74. The van der Waals surface area contributed by atoms with Gasteiger partial charge in [0.15, 0.2) is 5.58 Å². The van der Waals surface area contributed by atoms with Crippen molar-refractivity contribution < 1.29 is 13.9 Å². The first kappa shape index (κ1) is 16.6. The van der Waals surface area contributed by atoms with Gasteiger partial charge in [-0.15, -0.1) is 0 Å². The maximum atomic E-state index is 12.4. The lowest BCUT2D eigenvalue weighted by Gasteiger charge is -2.30. The first-order valence-electron chi connectivity index (χ1n) is 8.40.